The van der Waals surface area contributed by atoms with E-state index in [9.17, 15) is 19.2 Å². The van der Waals surface area contributed by atoms with Gasteiger partial charge in [-0.3, -0.25) is 19.3 Å². The van der Waals surface area contributed by atoms with E-state index >= 15 is 0 Å². The van der Waals surface area contributed by atoms with Gasteiger partial charge in [0, 0.05) is 6.42 Å². The average Bonchev–Trinajstić information content (AvgIpc) is 2.51. The van der Waals surface area contributed by atoms with E-state index in [-0.39, 0.29) is 25.8 Å². The number of aliphatic carboxylic acids is 2. The summed E-state index contributed by atoms with van der Waals surface area (Å²) in [7, 11) is 3.43. The molecule has 0 heterocycles. The molecular formula is C17H25N3O6. The predicted molar refractivity (Wildman–Crippen MR) is 94.3 cm³/mol. The van der Waals surface area contributed by atoms with E-state index in [1.165, 1.54) is 0 Å². The van der Waals surface area contributed by atoms with Crippen molar-refractivity contribution in [2.75, 3.05) is 20.6 Å². The Bertz CT molecular complexity index is 604. The molecule has 144 valence electrons. The van der Waals surface area contributed by atoms with Crippen LogP contribution in [0.4, 0.5) is 0 Å². The number of rotatable bonds is 9. The van der Waals surface area contributed by atoms with E-state index in [0.29, 0.717) is 0 Å². The third-order valence-corrected chi connectivity index (χ3v) is 2.97. The molecule has 0 saturated heterocycles. The highest BCUT2D eigenvalue weighted by molar-refractivity contribution is 5.85. The van der Waals surface area contributed by atoms with E-state index < -0.39 is 29.8 Å². The Kier molecular flexibility index (Phi) is 11.0. The van der Waals surface area contributed by atoms with Gasteiger partial charge in [0.1, 0.15) is 6.04 Å². The van der Waals surface area contributed by atoms with Gasteiger partial charge in [-0.15, -0.1) is 0 Å². The van der Waals surface area contributed by atoms with Crippen molar-refractivity contribution < 1.29 is 29.4 Å². The molecule has 1 atom stereocenters. The first-order valence-corrected chi connectivity index (χ1v) is 7.82. The van der Waals surface area contributed by atoms with Crippen LogP contribution in [0.3, 0.4) is 0 Å². The second-order valence-corrected chi connectivity index (χ2v) is 5.76. The Labute approximate surface area is 151 Å². The molecule has 0 saturated carbocycles. The first-order chi connectivity index (χ1) is 12.1. The normalized spacial score (nSPS) is 11.0. The summed E-state index contributed by atoms with van der Waals surface area (Å²) in [6, 6.07) is 7.88. The predicted octanol–water partition coefficient (Wildman–Crippen LogP) is -0.303. The van der Waals surface area contributed by atoms with E-state index in [1.54, 1.807) is 43.3 Å². The Morgan fingerprint density at radius 2 is 1.69 bits per heavy atom. The zero-order chi connectivity index (χ0) is 20.1. The molecule has 0 bridgehead atoms. The highest BCUT2D eigenvalue weighted by atomic mass is 16.4. The number of carboxylic acid groups (broad SMARTS) is 2. The third kappa shape index (κ3) is 12.5. The summed E-state index contributed by atoms with van der Waals surface area (Å²) in [4.78, 5) is 44.6. The molecule has 0 fully saturated rings. The molecule has 0 aliphatic rings. The molecule has 0 radical (unpaired) electrons. The van der Waals surface area contributed by atoms with Gasteiger partial charge in [0.2, 0.25) is 11.8 Å². The summed E-state index contributed by atoms with van der Waals surface area (Å²) in [5, 5.41) is 19.4. The van der Waals surface area contributed by atoms with E-state index in [1.807, 2.05) is 6.07 Å². The standard InChI is InChI=1S/C13H16N2O4.C4H9NO2/c14-11(16)7-6-10(13(18)19)15-12(17)8-9-4-2-1-3-5-9;1-5(2)3-4(6)7/h1-5,10H,6-8H2,(H2,14,16)(H,15,17)(H,18,19);3H2,1-2H3,(H,6,7). The fourth-order valence-electron chi connectivity index (χ4n) is 1.84. The molecule has 9 heteroatoms. The van der Waals surface area contributed by atoms with Gasteiger partial charge in [-0.25, -0.2) is 4.79 Å². The first-order valence-electron chi connectivity index (χ1n) is 7.82. The maximum Gasteiger partial charge on any atom is 0.326 e. The molecule has 0 aliphatic carbocycles. The number of nitrogens with two attached hydrogens (primary N) is 1. The fraction of sp³-hybridized carbons (Fsp3) is 0.412. The highest BCUT2D eigenvalue weighted by Gasteiger charge is 2.20. The van der Waals surface area contributed by atoms with Crippen molar-refractivity contribution >= 4 is 23.8 Å². The quantitative estimate of drug-likeness (QED) is 0.468. The SMILES string of the molecule is CN(C)CC(=O)O.NC(=O)CCC(NC(=O)Cc1ccccc1)C(=O)O. The van der Waals surface area contributed by atoms with Gasteiger partial charge in [0.15, 0.2) is 0 Å². The first kappa shape index (κ1) is 23.1. The van der Waals surface area contributed by atoms with Crippen molar-refractivity contribution in [1.29, 1.82) is 0 Å². The molecule has 1 unspecified atom stereocenters. The summed E-state index contributed by atoms with van der Waals surface area (Å²) in [5.74, 6) is -2.96. The molecule has 5 N–H and O–H groups in total. The van der Waals surface area contributed by atoms with Crippen molar-refractivity contribution in [3.8, 4) is 0 Å². The lowest BCUT2D eigenvalue weighted by molar-refractivity contribution is -0.142. The lowest BCUT2D eigenvalue weighted by Gasteiger charge is -2.13. The third-order valence-electron chi connectivity index (χ3n) is 2.97. The van der Waals surface area contributed by atoms with Crippen molar-refractivity contribution in [3.05, 3.63) is 35.9 Å². The molecular weight excluding hydrogens is 342 g/mol. The van der Waals surface area contributed by atoms with Crippen molar-refractivity contribution in [2.45, 2.75) is 25.3 Å². The lowest BCUT2D eigenvalue weighted by Crippen LogP contribution is -2.42. The van der Waals surface area contributed by atoms with Gasteiger partial charge in [-0.05, 0) is 26.1 Å². The summed E-state index contributed by atoms with van der Waals surface area (Å²) < 4.78 is 0. The van der Waals surface area contributed by atoms with Crippen molar-refractivity contribution in [2.24, 2.45) is 5.73 Å². The van der Waals surface area contributed by atoms with Gasteiger partial charge in [0.25, 0.3) is 0 Å². The number of primary amides is 1. The molecule has 1 aromatic rings. The average molecular weight is 367 g/mol. The number of benzene rings is 1. The molecule has 0 aromatic heterocycles. The van der Waals surface area contributed by atoms with E-state index in [2.05, 4.69) is 5.32 Å². The molecule has 26 heavy (non-hydrogen) atoms. The van der Waals surface area contributed by atoms with Gasteiger partial charge in [-0.1, -0.05) is 30.3 Å². The summed E-state index contributed by atoms with van der Waals surface area (Å²) in [5.41, 5.74) is 5.74. The van der Waals surface area contributed by atoms with Crippen molar-refractivity contribution in [1.82, 2.24) is 10.2 Å². The summed E-state index contributed by atoms with van der Waals surface area (Å²) >= 11 is 0. The maximum atomic E-state index is 11.7. The number of carboxylic acids is 2. The topological polar surface area (TPSA) is 150 Å². The van der Waals surface area contributed by atoms with Gasteiger partial charge < -0.3 is 21.3 Å². The highest BCUT2D eigenvalue weighted by Crippen LogP contribution is 2.02. The van der Waals surface area contributed by atoms with Crippen LogP contribution < -0.4 is 11.1 Å². The number of amides is 2. The van der Waals surface area contributed by atoms with Gasteiger partial charge in [0.05, 0.1) is 13.0 Å². The van der Waals surface area contributed by atoms with Crippen LogP contribution in [0, 0.1) is 0 Å². The Balaban J connectivity index is 0.000000758. The minimum atomic E-state index is -1.18. The fourth-order valence-corrected chi connectivity index (χ4v) is 1.84. The Hall–Kier alpha value is -2.94. The molecule has 0 spiro atoms. The zero-order valence-corrected chi connectivity index (χ0v) is 14.8. The van der Waals surface area contributed by atoms with Crippen LogP contribution in [-0.2, 0) is 25.6 Å². The summed E-state index contributed by atoms with van der Waals surface area (Å²) in [6.07, 6.45) is 0.00890. The second-order valence-electron chi connectivity index (χ2n) is 5.76. The largest absolute Gasteiger partial charge is 0.480 e. The number of hydrogen-bond acceptors (Lipinski definition) is 5. The monoisotopic (exact) mass is 367 g/mol. The zero-order valence-electron chi connectivity index (χ0n) is 14.8. The molecule has 1 rings (SSSR count). The lowest BCUT2D eigenvalue weighted by atomic mass is 10.1. The van der Waals surface area contributed by atoms with Crippen molar-refractivity contribution in [3.63, 3.8) is 0 Å². The molecule has 0 aliphatic heterocycles. The number of likely N-dealkylation sites (N-methyl/N-ethyl adjacent to an activating group) is 1. The summed E-state index contributed by atoms with van der Waals surface area (Å²) in [6.45, 7) is 0.111. The van der Waals surface area contributed by atoms with Crippen LogP contribution in [0.25, 0.3) is 0 Å². The maximum absolute atomic E-state index is 11.7. The molecule has 2 amide bonds. The van der Waals surface area contributed by atoms with Gasteiger partial charge >= 0.3 is 11.9 Å². The number of nitrogens with zero attached hydrogens (tertiary/aromatic N) is 1. The number of hydrogen-bond donors (Lipinski definition) is 4. The second kappa shape index (κ2) is 12.4. The van der Waals surface area contributed by atoms with E-state index in [0.717, 1.165) is 5.56 Å². The van der Waals surface area contributed by atoms with Gasteiger partial charge in [-0.2, -0.15) is 0 Å². The van der Waals surface area contributed by atoms with Crippen LogP contribution >= 0.6 is 0 Å². The Morgan fingerprint density at radius 3 is 2.08 bits per heavy atom. The van der Waals surface area contributed by atoms with Crippen LogP contribution in [0.1, 0.15) is 18.4 Å². The number of nitrogens with one attached hydrogen (secondary N) is 1. The molecule has 9 nitrogen and oxygen atoms in total. The van der Waals surface area contributed by atoms with Crippen LogP contribution in [0.15, 0.2) is 30.3 Å². The minimum absolute atomic E-state index is 0.00873. The van der Waals surface area contributed by atoms with E-state index in [4.69, 9.17) is 15.9 Å². The van der Waals surface area contributed by atoms with Crippen LogP contribution in [0.2, 0.25) is 0 Å². The number of carbonyl (C=O) groups excluding carboxylic acids is 2. The Morgan fingerprint density at radius 1 is 1.12 bits per heavy atom. The smallest absolute Gasteiger partial charge is 0.326 e. The minimum Gasteiger partial charge on any atom is -0.480 e. The molecule has 1 aromatic carbocycles. The van der Waals surface area contributed by atoms with Crippen LogP contribution in [-0.4, -0.2) is 65.5 Å². The van der Waals surface area contributed by atoms with Crippen LogP contribution in [0.5, 0.6) is 0 Å². The number of carbonyl (C=O) groups is 4.